The Balaban J connectivity index is 2.09. The molecule has 0 aliphatic rings. The van der Waals surface area contributed by atoms with E-state index in [9.17, 15) is 12.8 Å². The fourth-order valence-corrected chi connectivity index (χ4v) is 4.64. The molecule has 2 aromatic carbocycles. The van der Waals surface area contributed by atoms with Gasteiger partial charge in [-0.15, -0.1) is 0 Å². The molecule has 0 aliphatic carbocycles. The van der Waals surface area contributed by atoms with Crippen molar-refractivity contribution in [3.05, 3.63) is 58.3 Å². The molecule has 7 heteroatoms. The molecule has 0 fully saturated rings. The normalized spacial score (nSPS) is 12.9. The van der Waals surface area contributed by atoms with Crippen LogP contribution in [0.2, 0.25) is 0 Å². The van der Waals surface area contributed by atoms with Crippen LogP contribution in [0.5, 0.6) is 0 Å². The summed E-state index contributed by atoms with van der Waals surface area (Å²) in [4.78, 5) is 2.03. The summed E-state index contributed by atoms with van der Waals surface area (Å²) >= 11 is 3.10. The Morgan fingerprint density at radius 1 is 1.17 bits per heavy atom. The lowest BCUT2D eigenvalue weighted by Crippen LogP contribution is -2.34. The third-order valence-electron chi connectivity index (χ3n) is 3.53. The monoisotopic (exact) mass is 414 g/mol. The summed E-state index contributed by atoms with van der Waals surface area (Å²) < 4.78 is 40.8. The minimum absolute atomic E-state index is 0.0266. The van der Waals surface area contributed by atoms with Gasteiger partial charge in [0.15, 0.2) is 0 Å². The van der Waals surface area contributed by atoms with E-state index in [1.807, 2.05) is 43.3 Å². The predicted octanol–water partition coefficient (Wildman–Crippen LogP) is 3.56. The zero-order chi connectivity index (χ0) is 17.9. The molecular weight excluding hydrogens is 395 g/mol. The fourth-order valence-electron chi connectivity index (χ4n) is 2.35. The minimum Gasteiger partial charge on any atom is -0.378 e. The van der Waals surface area contributed by atoms with E-state index >= 15 is 0 Å². The van der Waals surface area contributed by atoms with Crippen molar-refractivity contribution in [3.63, 3.8) is 0 Å². The van der Waals surface area contributed by atoms with E-state index in [1.165, 1.54) is 6.07 Å². The van der Waals surface area contributed by atoms with E-state index in [2.05, 4.69) is 20.7 Å². The summed E-state index contributed by atoms with van der Waals surface area (Å²) in [6, 6.07) is 11.2. The SMILES string of the molecule is CC(Cc1ccc(N(C)C)cc1)NS(=O)(=O)c1ccc(F)cc1Br. The summed E-state index contributed by atoms with van der Waals surface area (Å²) in [7, 11) is 0.209. The third kappa shape index (κ3) is 4.78. The molecule has 0 heterocycles. The maximum Gasteiger partial charge on any atom is 0.241 e. The number of nitrogens with one attached hydrogen (secondary N) is 1. The molecule has 1 atom stereocenters. The van der Waals surface area contributed by atoms with Crippen molar-refractivity contribution in [1.29, 1.82) is 0 Å². The van der Waals surface area contributed by atoms with Gasteiger partial charge in [0.1, 0.15) is 5.82 Å². The number of hydrogen-bond donors (Lipinski definition) is 1. The van der Waals surface area contributed by atoms with Crippen molar-refractivity contribution in [3.8, 4) is 0 Å². The quantitative estimate of drug-likeness (QED) is 0.785. The molecule has 24 heavy (non-hydrogen) atoms. The summed E-state index contributed by atoms with van der Waals surface area (Å²) in [6.07, 6.45) is 0.561. The zero-order valence-corrected chi connectivity index (χ0v) is 16.2. The number of rotatable bonds is 6. The van der Waals surface area contributed by atoms with Gasteiger partial charge in [-0.05, 0) is 65.2 Å². The van der Waals surface area contributed by atoms with Gasteiger partial charge >= 0.3 is 0 Å². The van der Waals surface area contributed by atoms with Gasteiger partial charge in [0, 0.05) is 30.3 Å². The Morgan fingerprint density at radius 3 is 2.33 bits per heavy atom. The highest BCUT2D eigenvalue weighted by atomic mass is 79.9. The molecule has 0 aliphatic heterocycles. The van der Waals surface area contributed by atoms with Crippen molar-refractivity contribution >= 4 is 31.6 Å². The lowest BCUT2D eigenvalue weighted by Gasteiger charge is -2.16. The van der Waals surface area contributed by atoms with Crippen LogP contribution < -0.4 is 9.62 Å². The van der Waals surface area contributed by atoms with Crippen LogP contribution in [-0.2, 0) is 16.4 Å². The summed E-state index contributed by atoms with van der Waals surface area (Å²) in [6.45, 7) is 1.80. The molecule has 130 valence electrons. The number of hydrogen-bond acceptors (Lipinski definition) is 3. The molecule has 0 saturated carbocycles. The van der Waals surface area contributed by atoms with E-state index in [0.29, 0.717) is 6.42 Å². The van der Waals surface area contributed by atoms with E-state index in [0.717, 1.165) is 23.4 Å². The second-order valence-corrected chi connectivity index (χ2v) is 8.40. The zero-order valence-electron chi connectivity index (χ0n) is 13.8. The molecule has 0 radical (unpaired) electrons. The molecule has 4 nitrogen and oxygen atoms in total. The second kappa shape index (κ2) is 7.63. The highest BCUT2D eigenvalue weighted by Gasteiger charge is 2.20. The van der Waals surface area contributed by atoms with E-state index in [-0.39, 0.29) is 15.4 Å². The largest absolute Gasteiger partial charge is 0.378 e. The van der Waals surface area contributed by atoms with Crippen LogP contribution in [0.25, 0.3) is 0 Å². The van der Waals surface area contributed by atoms with Crippen LogP contribution in [0.1, 0.15) is 12.5 Å². The summed E-state index contributed by atoms with van der Waals surface area (Å²) in [5.74, 6) is -0.491. The minimum atomic E-state index is -3.72. The van der Waals surface area contributed by atoms with Crippen LogP contribution in [-0.4, -0.2) is 28.6 Å². The molecular formula is C17H20BrFN2O2S. The molecule has 1 unspecified atom stereocenters. The van der Waals surface area contributed by atoms with Gasteiger partial charge < -0.3 is 4.90 Å². The molecule has 1 N–H and O–H groups in total. The lowest BCUT2D eigenvalue weighted by atomic mass is 10.1. The number of benzene rings is 2. The third-order valence-corrected chi connectivity index (χ3v) is 6.10. The molecule has 0 amide bonds. The average molecular weight is 415 g/mol. The lowest BCUT2D eigenvalue weighted by molar-refractivity contribution is 0.558. The Kier molecular flexibility index (Phi) is 6.01. The highest BCUT2D eigenvalue weighted by Crippen LogP contribution is 2.23. The first-order valence-corrected chi connectivity index (χ1v) is 9.70. The van der Waals surface area contributed by atoms with Crippen molar-refractivity contribution < 1.29 is 12.8 Å². The van der Waals surface area contributed by atoms with Crippen LogP contribution in [0.3, 0.4) is 0 Å². The van der Waals surface area contributed by atoms with Gasteiger partial charge in [-0.3, -0.25) is 0 Å². The first-order chi connectivity index (χ1) is 11.2. The van der Waals surface area contributed by atoms with E-state index < -0.39 is 15.8 Å². The van der Waals surface area contributed by atoms with Gasteiger partial charge in [0.05, 0.1) is 4.90 Å². The number of sulfonamides is 1. The van der Waals surface area contributed by atoms with Gasteiger partial charge in [-0.1, -0.05) is 12.1 Å². The topological polar surface area (TPSA) is 49.4 Å². The highest BCUT2D eigenvalue weighted by molar-refractivity contribution is 9.10. The Hall–Kier alpha value is -1.44. The number of halogens is 2. The summed E-state index contributed by atoms with van der Waals surface area (Å²) in [5, 5.41) is 0. The molecule has 0 bridgehead atoms. The number of anilines is 1. The number of nitrogens with zero attached hydrogens (tertiary/aromatic N) is 1. The van der Waals surface area contributed by atoms with Crippen LogP contribution in [0.15, 0.2) is 51.8 Å². The van der Waals surface area contributed by atoms with Gasteiger partial charge in [0.2, 0.25) is 10.0 Å². The Morgan fingerprint density at radius 2 is 1.79 bits per heavy atom. The fraction of sp³-hybridized carbons (Fsp3) is 0.294. The molecule has 0 aromatic heterocycles. The van der Waals surface area contributed by atoms with Gasteiger partial charge in [-0.2, -0.15) is 0 Å². The van der Waals surface area contributed by atoms with Crippen LogP contribution in [0.4, 0.5) is 10.1 Å². The van der Waals surface area contributed by atoms with Crippen LogP contribution in [0, 0.1) is 5.82 Å². The maximum absolute atomic E-state index is 13.1. The standard InChI is InChI=1S/C17H20BrFN2O2S/c1-12(10-13-4-7-15(8-5-13)21(2)3)20-24(22,23)17-9-6-14(19)11-16(17)18/h4-9,11-12,20H,10H2,1-3H3. The summed E-state index contributed by atoms with van der Waals surface area (Å²) in [5.41, 5.74) is 2.12. The molecule has 2 aromatic rings. The van der Waals surface area contributed by atoms with E-state index in [4.69, 9.17) is 0 Å². The first-order valence-electron chi connectivity index (χ1n) is 7.42. The van der Waals surface area contributed by atoms with Crippen molar-refractivity contribution in [1.82, 2.24) is 4.72 Å². The molecule has 0 spiro atoms. The Bertz CT molecular complexity index is 808. The van der Waals surface area contributed by atoms with E-state index in [1.54, 1.807) is 6.92 Å². The first kappa shape index (κ1) is 18.9. The van der Waals surface area contributed by atoms with Crippen molar-refractivity contribution in [2.75, 3.05) is 19.0 Å². The van der Waals surface area contributed by atoms with Gasteiger partial charge in [-0.25, -0.2) is 17.5 Å². The smallest absolute Gasteiger partial charge is 0.241 e. The van der Waals surface area contributed by atoms with Crippen molar-refractivity contribution in [2.24, 2.45) is 0 Å². The van der Waals surface area contributed by atoms with Crippen LogP contribution >= 0.6 is 15.9 Å². The molecule has 0 saturated heterocycles. The maximum atomic E-state index is 13.1. The predicted molar refractivity (Wildman–Crippen MR) is 98.4 cm³/mol. The Labute approximate surface area is 150 Å². The van der Waals surface area contributed by atoms with Crippen molar-refractivity contribution in [2.45, 2.75) is 24.3 Å². The average Bonchev–Trinajstić information content (AvgIpc) is 2.46. The molecule has 2 rings (SSSR count). The van der Waals surface area contributed by atoms with Gasteiger partial charge in [0.25, 0.3) is 0 Å². The second-order valence-electron chi connectivity index (χ2n) is 5.86.